The van der Waals surface area contributed by atoms with Gasteiger partial charge in [0.1, 0.15) is 6.61 Å². The summed E-state index contributed by atoms with van der Waals surface area (Å²) >= 11 is 0. The highest BCUT2D eigenvalue weighted by molar-refractivity contribution is 5.79. The Morgan fingerprint density at radius 1 is 1.09 bits per heavy atom. The maximum Gasteiger partial charge on any atom is 0.250 e. The van der Waals surface area contributed by atoms with E-state index in [-0.39, 0.29) is 35.5 Å². The van der Waals surface area contributed by atoms with Gasteiger partial charge in [-0.05, 0) is 39.5 Å². The molecule has 5 nitrogen and oxygen atoms in total. The fraction of sp³-hybridized carbons (Fsp3) is 0.778. The molecule has 2 amide bonds. The van der Waals surface area contributed by atoms with Crippen molar-refractivity contribution in [2.75, 3.05) is 6.61 Å². The number of hydrogen-bond donors (Lipinski definition) is 2. The number of hydrogen-bond acceptors (Lipinski definition) is 3. The zero-order chi connectivity index (χ0) is 18.3. The molecule has 0 radical (unpaired) electrons. The summed E-state index contributed by atoms with van der Waals surface area (Å²) in [5.74, 6) is -0.196. The summed E-state index contributed by atoms with van der Waals surface area (Å²) in [4.78, 5) is 23.6. The Hall–Kier alpha value is -1.36. The van der Waals surface area contributed by atoms with Gasteiger partial charge in [0.15, 0.2) is 0 Å². The molecule has 0 aliphatic rings. The average molecular weight is 326 g/mol. The number of ether oxygens (including phenoxy) is 1. The first-order valence-electron chi connectivity index (χ1n) is 8.19. The van der Waals surface area contributed by atoms with Gasteiger partial charge in [-0.15, -0.1) is 0 Å². The van der Waals surface area contributed by atoms with Crippen LogP contribution in [-0.2, 0) is 14.3 Å². The largest absolute Gasteiger partial charge is 0.366 e. The van der Waals surface area contributed by atoms with Crippen molar-refractivity contribution in [3.8, 4) is 0 Å². The van der Waals surface area contributed by atoms with Crippen LogP contribution in [-0.4, -0.2) is 30.1 Å². The van der Waals surface area contributed by atoms with Crippen LogP contribution in [0.1, 0.15) is 67.7 Å². The van der Waals surface area contributed by atoms with E-state index in [1.807, 2.05) is 27.7 Å². The van der Waals surface area contributed by atoms with Crippen molar-refractivity contribution in [1.82, 2.24) is 10.6 Å². The third-order valence-electron chi connectivity index (χ3n) is 3.01. The number of nitrogens with one attached hydrogen (secondary N) is 2. The smallest absolute Gasteiger partial charge is 0.250 e. The van der Waals surface area contributed by atoms with Crippen molar-refractivity contribution in [3.63, 3.8) is 0 Å². The van der Waals surface area contributed by atoms with Crippen LogP contribution >= 0.6 is 0 Å². The van der Waals surface area contributed by atoms with E-state index in [4.69, 9.17) is 4.74 Å². The molecule has 1 atom stereocenters. The van der Waals surface area contributed by atoms with Gasteiger partial charge in [-0.25, -0.2) is 0 Å². The molecule has 0 spiro atoms. The highest BCUT2D eigenvalue weighted by Crippen LogP contribution is 2.20. The van der Waals surface area contributed by atoms with E-state index < -0.39 is 0 Å². The highest BCUT2D eigenvalue weighted by Gasteiger charge is 2.16. The molecule has 23 heavy (non-hydrogen) atoms. The summed E-state index contributed by atoms with van der Waals surface area (Å²) in [6.45, 7) is 17.7. The van der Waals surface area contributed by atoms with Gasteiger partial charge in [-0.1, -0.05) is 27.4 Å². The Kier molecular flexibility index (Phi) is 8.53. The molecule has 0 heterocycles. The summed E-state index contributed by atoms with van der Waals surface area (Å²) in [6, 6.07) is -0.0706. The second-order valence-electron chi connectivity index (χ2n) is 8.29. The van der Waals surface area contributed by atoms with Gasteiger partial charge in [0.05, 0.1) is 5.60 Å². The van der Waals surface area contributed by atoms with E-state index in [1.165, 1.54) is 0 Å². The molecule has 0 aromatic carbocycles. The molecule has 0 aromatic heterocycles. The van der Waals surface area contributed by atoms with Crippen LogP contribution < -0.4 is 10.6 Å². The number of amides is 2. The highest BCUT2D eigenvalue weighted by atomic mass is 16.5. The normalized spacial score (nSPS) is 13.3. The van der Waals surface area contributed by atoms with Crippen LogP contribution in [0.5, 0.6) is 0 Å². The minimum atomic E-state index is -0.354. The maximum absolute atomic E-state index is 11.9. The third-order valence-corrected chi connectivity index (χ3v) is 3.01. The Morgan fingerprint density at radius 2 is 1.65 bits per heavy atom. The van der Waals surface area contributed by atoms with Gasteiger partial charge in [-0.3, -0.25) is 9.59 Å². The summed E-state index contributed by atoms with van der Waals surface area (Å²) < 4.78 is 5.40. The topological polar surface area (TPSA) is 67.4 Å². The van der Waals surface area contributed by atoms with Crippen LogP contribution in [0, 0.1) is 5.41 Å². The Balaban J connectivity index is 4.06. The van der Waals surface area contributed by atoms with E-state index in [2.05, 4.69) is 38.0 Å². The molecule has 0 saturated heterocycles. The van der Waals surface area contributed by atoms with E-state index in [1.54, 1.807) is 0 Å². The van der Waals surface area contributed by atoms with Gasteiger partial charge in [0, 0.05) is 24.6 Å². The number of carbonyl (C=O) groups excluding carboxylic acids is 2. The lowest BCUT2D eigenvalue weighted by Crippen LogP contribution is -2.36. The fourth-order valence-corrected chi connectivity index (χ4v) is 1.82. The first kappa shape index (κ1) is 21.6. The maximum atomic E-state index is 11.9. The van der Waals surface area contributed by atoms with Crippen molar-refractivity contribution < 1.29 is 14.3 Å². The first-order chi connectivity index (χ1) is 10.3. The minimum Gasteiger partial charge on any atom is -0.366 e. The van der Waals surface area contributed by atoms with E-state index >= 15 is 0 Å². The predicted molar refractivity (Wildman–Crippen MR) is 93.9 cm³/mol. The summed E-state index contributed by atoms with van der Waals surface area (Å²) in [5.41, 5.74) is 0.370. The molecule has 2 N–H and O–H groups in total. The van der Waals surface area contributed by atoms with Gasteiger partial charge < -0.3 is 15.4 Å². The quantitative estimate of drug-likeness (QED) is 0.720. The van der Waals surface area contributed by atoms with Crippen LogP contribution in [0.25, 0.3) is 0 Å². The Bertz CT molecular complexity index is 417. The van der Waals surface area contributed by atoms with Gasteiger partial charge in [0.2, 0.25) is 11.8 Å². The van der Waals surface area contributed by atoms with Crippen LogP contribution in [0.3, 0.4) is 0 Å². The lowest BCUT2D eigenvalue weighted by molar-refractivity contribution is -0.129. The number of carbonyl (C=O) groups is 2. The van der Waals surface area contributed by atoms with Gasteiger partial charge in [-0.2, -0.15) is 0 Å². The van der Waals surface area contributed by atoms with Crippen molar-refractivity contribution in [2.45, 2.75) is 79.4 Å². The molecule has 0 fully saturated rings. The Labute approximate surface area is 141 Å². The van der Waals surface area contributed by atoms with Crippen molar-refractivity contribution >= 4 is 11.8 Å². The zero-order valence-electron chi connectivity index (χ0n) is 15.8. The van der Waals surface area contributed by atoms with Crippen LogP contribution in [0.2, 0.25) is 0 Å². The molecular weight excluding hydrogens is 292 g/mol. The molecule has 0 aliphatic heterocycles. The SMILES string of the molecule is C=C(CC(C)NC(=O)CCC(C)(C)C)NC(=O)COC(C)(C)C. The summed E-state index contributed by atoms with van der Waals surface area (Å²) in [6.07, 6.45) is 1.85. The molecule has 134 valence electrons. The minimum absolute atomic E-state index is 0.00512. The Morgan fingerprint density at radius 3 is 2.13 bits per heavy atom. The molecule has 1 unspecified atom stereocenters. The third kappa shape index (κ3) is 14.0. The van der Waals surface area contributed by atoms with Crippen LogP contribution in [0.15, 0.2) is 12.3 Å². The fourth-order valence-electron chi connectivity index (χ4n) is 1.82. The van der Waals surface area contributed by atoms with Gasteiger partial charge in [0.25, 0.3) is 0 Å². The second-order valence-corrected chi connectivity index (χ2v) is 8.29. The predicted octanol–water partition coefficient (Wildman–Crippen LogP) is 3.15. The first-order valence-corrected chi connectivity index (χ1v) is 8.19. The second kappa shape index (κ2) is 9.06. The zero-order valence-corrected chi connectivity index (χ0v) is 15.8. The van der Waals surface area contributed by atoms with E-state index in [0.29, 0.717) is 18.5 Å². The van der Waals surface area contributed by atoms with E-state index in [9.17, 15) is 9.59 Å². The molecule has 0 bridgehead atoms. The monoisotopic (exact) mass is 326 g/mol. The van der Waals surface area contributed by atoms with Crippen molar-refractivity contribution in [2.24, 2.45) is 5.41 Å². The van der Waals surface area contributed by atoms with Crippen molar-refractivity contribution in [1.29, 1.82) is 0 Å². The molecule has 0 aliphatic carbocycles. The number of rotatable bonds is 8. The van der Waals surface area contributed by atoms with E-state index in [0.717, 1.165) is 6.42 Å². The lowest BCUT2D eigenvalue weighted by Gasteiger charge is -2.21. The summed E-state index contributed by atoms with van der Waals surface area (Å²) in [7, 11) is 0. The average Bonchev–Trinajstić information content (AvgIpc) is 2.31. The molecule has 5 heteroatoms. The standard InChI is InChI=1S/C18H34N2O3/c1-13(19-15(21)9-10-17(3,4)5)11-14(2)20-16(22)12-23-18(6,7)8/h13H,2,9-12H2,1,3-8H3,(H,19,21)(H,20,22). The molecule has 0 rings (SSSR count). The lowest BCUT2D eigenvalue weighted by atomic mass is 9.90. The van der Waals surface area contributed by atoms with Crippen molar-refractivity contribution in [3.05, 3.63) is 12.3 Å². The van der Waals surface area contributed by atoms with Crippen LogP contribution in [0.4, 0.5) is 0 Å². The summed E-state index contributed by atoms with van der Waals surface area (Å²) in [5, 5.41) is 5.63. The van der Waals surface area contributed by atoms with Gasteiger partial charge >= 0.3 is 0 Å². The molecule has 0 aromatic rings. The molecule has 0 saturated carbocycles. The molecular formula is C18H34N2O3.